The Morgan fingerprint density at radius 3 is 2.59 bits per heavy atom. The molecule has 1 aromatic rings. The van der Waals surface area contributed by atoms with E-state index in [0.29, 0.717) is 0 Å². The molecule has 2 heteroatoms. The molecule has 1 atom stereocenters. The Morgan fingerprint density at radius 1 is 1.29 bits per heavy atom. The second-order valence-electron chi connectivity index (χ2n) is 4.99. The van der Waals surface area contributed by atoms with E-state index in [0.717, 1.165) is 12.5 Å². The van der Waals surface area contributed by atoms with Gasteiger partial charge in [-0.05, 0) is 44.4 Å². The second kappa shape index (κ2) is 7.88. The lowest BCUT2D eigenvalue weighted by Gasteiger charge is -2.15. The van der Waals surface area contributed by atoms with Crippen LogP contribution >= 0.6 is 11.3 Å². The first-order chi connectivity index (χ1) is 8.17. The predicted octanol–water partition coefficient (Wildman–Crippen LogP) is 4.67. The first kappa shape index (κ1) is 14.7. The molecule has 1 unspecified atom stereocenters. The summed E-state index contributed by atoms with van der Waals surface area (Å²) in [6, 6.07) is 2.32. The molecule has 0 radical (unpaired) electrons. The lowest BCUT2D eigenvalue weighted by Crippen LogP contribution is -2.22. The van der Waals surface area contributed by atoms with Crippen molar-refractivity contribution >= 4 is 11.3 Å². The summed E-state index contributed by atoms with van der Waals surface area (Å²) in [5.41, 5.74) is 1.48. The minimum absolute atomic E-state index is 0.856. The Labute approximate surface area is 111 Å². The summed E-state index contributed by atoms with van der Waals surface area (Å²) in [5.74, 6) is 0.856. The summed E-state index contributed by atoms with van der Waals surface area (Å²) in [4.78, 5) is 2.90. The quantitative estimate of drug-likeness (QED) is 0.710. The van der Waals surface area contributed by atoms with Gasteiger partial charge in [-0.15, -0.1) is 11.3 Å². The van der Waals surface area contributed by atoms with Crippen LogP contribution in [-0.4, -0.2) is 6.54 Å². The molecule has 1 aromatic heterocycles. The average molecular weight is 253 g/mol. The summed E-state index contributed by atoms with van der Waals surface area (Å²) < 4.78 is 0. The molecule has 0 spiro atoms. The molecule has 0 saturated heterocycles. The van der Waals surface area contributed by atoms with E-state index in [1.165, 1.54) is 47.5 Å². The maximum atomic E-state index is 3.62. The van der Waals surface area contributed by atoms with Gasteiger partial charge in [0.25, 0.3) is 0 Å². The lowest BCUT2D eigenvalue weighted by atomic mass is 9.99. The Balaban J connectivity index is 2.28. The van der Waals surface area contributed by atoms with Crippen LogP contribution in [0, 0.1) is 19.8 Å². The molecule has 0 aromatic carbocycles. The molecule has 0 fully saturated rings. The summed E-state index contributed by atoms with van der Waals surface area (Å²) in [6.45, 7) is 11.2. The summed E-state index contributed by atoms with van der Waals surface area (Å²) in [6.07, 6.45) is 5.37. The molecule has 1 heterocycles. The first-order valence-electron chi connectivity index (χ1n) is 6.94. The van der Waals surface area contributed by atoms with Gasteiger partial charge >= 0.3 is 0 Å². The van der Waals surface area contributed by atoms with Gasteiger partial charge in [0, 0.05) is 16.3 Å². The van der Waals surface area contributed by atoms with Crippen LogP contribution in [0.1, 0.15) is 54.8 Å². The molecule has 1 nitrogen and oxygen atoms in total. The van der Waals surface area contributed by atoms with E-state index in [9.17, 15) is 0 Å². The SMILES string of the molecule is CCCCC(CC)CNCc1cc(C)sc1C. The Kier molecular flexibility index (Phi) is 6.83. The van der Waals surface area contributed by atoms with E-state index in [-0.39, 0.29) is 0 Å². The minimum atomic E-state index is 0.856. The van der Waals surface area contributed by atoms with Gasteiger partial charge in [0.05, 0.1) is 0 Å². The fraction of sp³-hybridized carbons (Fsp3) is 0.733. The highest BCUT2D eigenvalue weighted by Gasteiger charge is 2.06. The van der Waals surface area contributed by atoms with Crippen LogP contribution < -0.4 is 5.32 Å². The van der Waals surface area contributed by atoms with E-state index in [1.54, 1.807) is 0 Å². The Bertz CT molecular complexity index is 317. The molecule has 0 amide bonds. The zero-order chi connectivity index (χ0) is 12.7. The standard InChI is InChI=1S/C15H27NS/c1-5-7-8-14(6-2)10-16-11-15-9-12(3)17-13(15)4/h9,14,16H,5-8,10-11H2,1-4H3. The van der Waals surface area contributed by atoms with Crippen molar-refractivity contribution in [2.75, 3.05) is 6.54 Å². The predicted molar refractivity (Wildman–Crippen MR) is 78.8 cm³/mol. The van der Waals surface area contributed by atoms with Crippen LogP contribution in [-0.2, 0) is 6.54 Å². The Morgan fingerprint density at radius 2 is 2.06 bits per heavy atom. The highest BCUT2D eigenvalue weighted by Crippen LogP contribution is 2.20. The largest absolute Gasteiger partial charge is 0.312 e. The van der Waals surface area contributed by atoms with Crippen LogP contribution in [0.15, 0.2) is 6.07 Å². The van der Waals surface area contributed by atoms with E-state index in [4.69, 9.17) is 0 Å². The molecule has 17 heavy (non-hydrogen) atoms. The van der Waals surface area contributed by atoms with E-state index >= 15 is 0 Å². The van der Waals surface area contributed by atoms with E-state index in [1.807, 2.05) is 11.3 Å². The molecular weight excluding hydrogens is 226 g/mol. The zero-order valence-electron chi connectivity index (χ0n) is 11.8. The van der Waals surface area contributed by atoms with Gasteiger partial charge in [0.15, 0.2) is 0 Å². The third-order valence-corrected chi connectivity index (χ3v) is 4.44. The maximum Gasteiger partial charge on any atom is 0.0216 e. The first-order valence-corrected chi connectivity index (χ1v) is 7.75. The van der Waals surface area contributed by atoms with Gasteiger partial charge in [0.1, 0.15) is 0 Å². The van der Waals surface area contributed by atoms with Crippen molar-refractivity contribution in [3.63, 3.8) is 0 Å². The van der Waals surface area contributed by atoms with Crippen molar-refractivity contribution in [3.8, 4) is 0 Å². The molecule has 0 aliphatic heterocycles. The van der Waals surface area contributed by atoms with Crippen LogP contribution in [0.4, 0.5) is 0 Å². The van der Waals surface area contributed by atoms with Crippen molar-refractivity contribution in [1.82, 2.24) is 5.32 Å². The molecule has 98 valence electrons. The van der Waals surface area contributed by atoms with Crippen molar-refractivity contribution in [2.24, 2.45) is 5.92 Å². The molecular formula is C15H27NS. The van der Waals surface area contributed by atoms with Crippen LogP contribution in [0.2, 0.25) is 0 Å². The summed E-state index contributed by atoms with van der Waals surface area (Å²) in [7, 11) is 0. The van der Waals surface area contributed by atoms with Crippen molar-refractivity contribution in [3.05, 3.63) is 21.4 Å². The zero-order valence-corrected chi connectivity index (χ0v) is 12.6. The topological polar surface area (TPSA) is 12.0 Å². The van der Waals surface area contributed by atoms with Crippen molar-refractivity contribution < 1.29 is 0 Å². The minimum Gasteiger partial charge on any atom is -0.312 e. The van der Waals surface area contributed by atoms with Crippen molar-refractivity contribution in [2.45, 2.75) is 59.9 Å². The van der Waals surface area contributed by atoms with Crippen LogP contribution in [0.5, 0.6) is 0 Å². The normalized spacial score (nSPS) is 12.9. The fourth-order valence-electron chi connectivity index (χ4n) is 2.21. The van der Waals surface area contributed by atoms with Crippen molar-refractivity contribution in [1.29, 1.82) is 0 Å². The maximum absolute atomic E-state index is 3.62. The van der Waals surface area contributed by atoms with Crippen LogP contribution in [0.25, 0.3) is 0 Å². The lowest BCUT2D eigenvalue weighted by molar-refractivity contribution is 0.419. The number of hydrogen-bond donors (Lipinski definition) is 1. The van der Waals surface area contributed by atoms with Gasteiger partial charge in [0.2, 0.25) is 0 Å². The van der Waals surface area contributed by atoms with Gasteiger partial charge in [-0.2, -0.15) is 0 Å². The van der Waals surface area contributed by atoms with E-state index in [2.05, 4.69) is 39.1 Å². The van der Waals surface area contributed by atoms with Gasteiger partial charge in [-0.3, -0.25) is 0 Å². The monoisotopic (exact) mass is 253 g/mol. The fourth-order valence-corrected chi connectivity index (χ4v) is 3.16. The smallest absolute Gasteiger partial charge is 0.0216 e. The molecule has 1 rings (SSSR count). The number of nitrogens with one attached hydrogen (secondary N) is 1. The number of thiophene rings is 1. The number of aryl methyl sites for hydroxylation is 2. The third-order valence-electron chi connectivity index (χ3n) is 3.44. The molecule has 0 aliphatic rings. The second-order valence-corrected chi connectivity index (χ2v) is 6.45. The summed E-state index contributed by atoms with van der Waals surface area (Å²) >= 11 is 1.91. The average Bonchev–Trinajstić information content (AvgIpc) is 2.62. The summed E-state index contributed by atoms with van der Waals surface area (Å²) in [5, 5.41) is 3.62. The van der Waals surface area contributed by atoms with Gasteiger partial charge in [-0.25, -0.2) is 0 Å². The molecule has 0 saturated carbocycles. The van der Waals surface area contributed by atoms with E-state index < -0.39 is 0 Å². The molecule has 1 N–H and O–H groups in total. The Hall–Kier alpha value is -0.340. The van der Waals surface area contributed by atoms with Gasteiger partial charge in [-0.1, -0.05) is 33.1 Å². The molecule has 0 bridgehead atoms. The highest BCUT2D eigenvalue weighted by atomic mass is 32.1. The van der Waals surface area contributed by atoms with Gasteiger partial charge < -0.3 is 5.32 Å². The number of hydrogen-bond acceptors (Lipinski definition) is 2. The molecule has 0 aliphatic carbocycles. The third kappa shape index (κ3) is 5.22. The van der Waals surface area contributed by atoms with Crippen LogP contribution in [0.3, 0.4) is 0 Å². The number of rotatable bonds is 8. The highest BCUT2D eigenvalue weighted by molar-refractivity contribution is 7.12. The number of unbranched alkanes of at least 4 members (excludes halogenated alkanes) is 1.